The van der Waals surface area contributed by atoms with E-state index in [0.717, 1.165) is 55.2 Å². The molecule has 1 fully saturated rings. The Morgan fingerprint density at radius 3 is 2.75 bits per heavy atom. The van der Waals surface area contributed by atoms with Crippen molar-refractivity contribution in [2.24, 2.45) is 11.0 Å². The molecule has 5 rings (SSSR count). The van der Waals surface area contributed by atoms with E-state index in [2.05, 4.69) is 21.5 Å². The predicted molar refractivity (Wildman–Crippen MR) is 157 cm³/mol. The molecule has 0 radical (unpaired) electrons. The van der Waals surface area contributed by atoms with E-state index in [4.69, 9.17) is 32.7 Å². The highest BCUT2D eigenvalue weighted by Gasteiger charge is 2.34. The Balaban J connectivity index is 1.24. The summed E-state index contributed by atoms with van der Waals surface area (Å²) in [6.45, 7) is 7.44. The molecule has 3 unspecified atom stereocenters. The number of hydrogen-bond donors (Lipinski definition) is 1. The number of nitrogens with one attached hydrogen (secondary N) is 1. The lowest BCUT2D eigenvalue weighted by molar-refractivity contribution is -0.127. The first-order chi connectivity index (χ1) is 19.3. The van der Waals surface area contributed by atoms with Gasteiger partial charge in [-0.15, -0.1) is 0 Å². The zero-order valence-electron chi connectivity index (χ0n) is 22.5. The summed E-state index contributed by atoms with van der Waals surface area (Å²) in [6, 6.07) is 16.3. The molecule has 2 aromatic carbocycles. The molecule has 1 amide bonds. The first-order valence-electron chi connectivity index (χ1n) is 13.4. The zero-order chi connectivity index (χ0) is 28.2. The molecule has 8 nitrogen and oxygen atoms in total. The first-order valence-corrected chi connectivity index (χ1v) is 14.2. The number of carbonyl (C=O) groups is 1. The smallest absolute Gasteiger partial charge is 0.280 e. The lowest BCUT2D eigenvalue weighted by Crippen LogP contribution is -2.46. The van der Waals surface area contributed by atoms with Crippen LogP contribution in [0.1, 0.15) is 43.0 Å². The summed E-state index contributed by atoms with van der Waals surface area (Å²) >= 11 is 12.1. The second-order valence-electron chi connectivity index (χ2n) is 10.3. The molecule has 210 valence electrons. The van der Waals surface area contributed by atoms with Gasteiger partial charge in [0.1, 0.15) is 11.5 Å². The maximum absolute atomic E-state index is 12.5. The van der Waals surface area contributed by atoms with Crippen LogP contribution in [-0.4, -0.2) is 47.4 Å². The maximum atomic E-state index is 12.5. The molecule has 1 N–H and O–H groups in total. The van der Waals surface area contributed by atoms with Crippen molar-refractivity contribution >= 4 is 35.3 Å². The minimum Gasteiger partial charge on any atom is -0.494 e. The standard InChI is InChI=1S/C30H32Cl2N4O4/c1-3-39-27-9-7-20(14-33-34-30(38)19(2)40-28-10-8-24(31)13-25(28)32)11-23(27)18-35-15-21-12-22(17-35)26-5-4-6-29(37)36(26)16-21/h4-11,13-14,19,21-22H,3,12,15-18H2,1-2H3,(H,34,38)/b33-14+. The summed E-state index contributed by atoms with van der Waals surface area (Å²) in [4.78, 5) is 27.3. The fourth-order valence-electron chi connectivity index (χ4n) is 5.54. The fourth-order valence-corrected chi connectivity index (χ4v) is 5.99. The van der Waals surface area contributed by atoms with Gasteiger partial charge >= 0.3 is 0 Å². The number of likely N-dealkylation sites (tertiary alicyclic amines) is 1. The summed E-state index contributed by atoms with van der Waals surface area (Å²) in [7, 11) is 0. The van der Waals surface area contributed by atoms with Gasteiger partial charge in [0.05, 0.1) is 17.8 Å². The molecule has 10 heteroatoms. The third-order valence-electron chi connectivity index (χ3n) is 7.29. The fraction of sp³-hybridized carbons (Fsp3) is 0.367. The van der Waals surface area contributed by atoms with Gasteiger partial charge in [-0.2, -0.15) is 5.10 Å². The Labute approximate surface area is 243 Å². The SMILES string of the molecule is CCOc1ccc(/C=N/NC(=O)C(C)Oc2ccc(Cl)cc2Cl)cc1CN1CC2CC(C1)c1cccc(=O)n1C2. The van der Waals surface area contributed by atoms with E-state index < -0.39 is 12.0 Å². The highest BCUT2D eigenvalue weighted by molar-refractivity contribution is 6.35. The van der Waals surface area contributed by atoms with Crippen molar-refractivity contribution in [2.75, 3.05) is 19.7 Å². The number of benzene rings is 2. The number of halogens is 2. The van der Waals surface area contributed by atoms with Crippen molar-refractivity contribution in [1.29, 1.82) is 0 Å². The molecule has 2 bridgehead atoms. The van der Waals surface area contributed by atoms with E-state index in [-0.39, 0.29) is 5.56 Å². The van der Waals surface area contributed by atoms with Crippen LogP contribution < -0.4 is 20.5 Å². The second kappa shape index (κ2) is 12.5. The number of hydrogen-bond acceptors (Lipinski definition) is 6. The predicted octanol–water partition coefficient (Wildman–Crippen LogP) is 5.09. The van der Waals surface area contributed by atoms with E-state index >= 15 is 0 Å². The number of hydrazone groups is 1. The summed E-state index contributed by atoms with van der Waals surface area (Å²) in [5.74, 6) is 1.56. The van der Waals surface area contributed by atoms with E-state index in [1.54, 1.807) is 37.4 Å². The molecule has 0 aliphatic carbocycles. The molecule has 2 aliphatic rings. The van der Waals surface area contributed by atoms with E-state index in [0.29, 0.717) is 34.2 Å². The highest BCUT2D eigenvalue weighted by atomic mass is 35.5. The molecule has 3 atom stereocenters. The molecule has 3 aromatic rings. The van der Waals surface area contributed by atoms with Gasteiger partial charge in [0, 0.05) is 54.4 Å². The number of amides is 1. The Bertz CT molecular complexity index is 1470. The van der Waals surface area contributed by atoms with Crippen LogP contribution in [0.4, 0.5) is 0 Å². The normalized spacial score (nSPS) is 19.2. The van der Waals surface area contributed by atoms with Crippen LogP contribution in [0.5, 0.6) is 11.5 Å². The minimum absolute atomic E-state index is 0.0908. The number of pyridine rings is 1. The Morgan fingerprint density at radius 2 is 1.95 bits per heavy atom. The van der Waals surface area contributed by atoms with Gasteiger partial charge in [0.15, 0.2) is 6.10 Å². The van der Waals surface area contributed by atoms with E-state index in [1.165, 1.54) is 0 Å². The van der Waals surface area contributed by atoms with Crippen LogP contribution in [0, 0.1) is 5.92 Å². The van der Waals surface area contributed by atoms with Crippen LogP contribution in [0.15, 0.2) is 64.5 Å². The van der Waals surface area contributed by atoms with Crippen LogP contribution in [0.3, 0.4) is 0 Å². The molecule has 3 heterocycles. The Kier molecular flexibility index (Phi) is 8.78. The summed E-state index contributed by atoms with van der Waals surface area (Å²) in [5.41, 5.74) is 5.64. The number of rotatable bonds is 9. The topological polar surface area (TPSA) is 85.2 Å². The molecule has 2 aliphatic heterocycles. The van der Waals surface area contributed by atoms with Gasteiger partial charge in [-0.25, -0.2) is 5.43 Å². The van der Waals surface area contributed by atoms with Crippen molar-refractivity contribution in [3.8, 4) is 11.5 Å². The van der Waals surface area contributed by atoms with Crippen molar-refractivity contribution in [3.05, 3.63) is 91.8 Å². The quantitative estimate of drug-likeness (QED) is 0.280. The molecular formula is C30H32Cl2N4O4. The third kappa shape index (κ3) is 6.52. The third-order valence-corrected chi connectivity index (χ3v) is 7.82. The summed E-state index contributed by atoms with van der Waals surface area (Å²) < 4.78 is 13.5. The highest BCUT2D eigenvalue weighted by Crippen LogP contribution is 2.36. The molecule has 40 heavy (non-hydrogen) atoms. The van der Waals surface area contributed by atoms with E-state index in [9.17, 15) is 9.59 Å². The number of aromatic nitrogens is 1. The number of nitrogens with zero attached hydrogens (tertiary/aromatic N) is 3. The minimum atomic E-state index is -0.814. The number of piperidine rings is 1. The Hall–Kier alpha value is -3.33. The molecular weight excluding hydrogens is 551 g/mol. The summed E-state index contributed by atoms with van der Waals surface area (Å²) in [6.07, 6.45) is 1.90. The Morgan fingerprint density at radius 1 is 1.12 bits per heavy atom. The van der Waals surface area contributed by atoms with Gasteiger partial charge in [0.2, 0.25) is 0 Å². The number of ether oxygens (including phenoxy) is 2. The average Bonchev–Trinajstić information content (AvgIpc) is 2.92. The van der Waals surface area contributed by atoms with Gasteiger partial charge in [-0.1, -0.05) is 29.3 Å². The second-order valence-corrected chi connectivity index (χ2v) is 11.1. The van der Waals surface area contributed by atoms with Crippen molar-refractivity contribution in [1.82, 2.24) is 14.9 Å². The van der Waals surface area contributed by atoms with Crippen LogP contribution in [0.2, 0.25) is 10.0 Å². The van der Waals surface area contributed by atoms with E-state index in [1.807, 2.05) is 35.8 Å². The molecule has 1 saturated heterocycles. The molecule has 0 spiro atoms. The maximum Gasteiger partial charge on any atom is 0.280 e. The monoisotopic (exact) mass is 582 g/mol. The number of carbonyl (C=O) groups excluding carboxylic acids is 1. The van der Waals surface area contributed by atoms with Gasteiger partial charge in [-0.05, 0) is 74.2 Å². The average molecular weight is 584 g/mol. The van der Waals surface area contributed by atoms with Crippen LogP contribution in [0.25, 0.3) is 0 Å². The van der Waals surface area contributed by atoms with Gasteiger partial charge in [-0.3, -0.25) is 14.5 Å². The first kappa shape index (κ1) is 28.2. The van der Waals surface area contributed by atoms with Crippen molar-refractivity contribution in [2.45, 2.75) is 45.4 Å². The van der Waals surface area contributed by atoms with Crippen molar-refractivity contribution < 1.29 is 14.3 Å². The summed E-state index contributed by atoms with van der Waals surface area (Å²) in [5, 5.41) is 4.95. The lowest BCUT2D eigenvalue weighted by Gasteiger charge is -2.43. The van der Waals surface area contributed by atoms with Crippen molar-refractivity contribution in [3.63, 3.8) is 0 Å². The lowest BCUT2D eigenvalue weighted by atomic mass is 9.83. The molecule has 1 aromatic heterocycles. The molecule has 0 saturated carbocycles. The van der Waals surface area contributed by atoms with Gasteiger partial charge < -0.3 is 14.0 Å². The largest absolute Gasteiger partial charge is 0.494 e. The van der Waals surface area contributed by atoms with Crippen LogP contribution >= 0.6 is 23.2 Å². The number of fused-ring (bicyclic) bond motifs is 4. The van der Waals surface area contributed by atoms with Crippen LogP contribution in [-0.2, 0) is 17.9 Å². The zero-order valence-corrected chi connectivity index (χ0v) is 24.0. The van der Waals surface area contributed by atoms with Gasteiger partial charge in [0.25, 0.3) is 11.5 Å².